The second-order valence-electron chi connectivity index (χ2n) is 8.01. The molecule has 1 saturated carbocycles. The molecular formula is C23H31N3O5S. The van der Waals surface area contributed by atoms with Gasteiger partial charge in [-0.1, -0.05) is 44.4 Å². The second kappa shape index (κ2) is 11.3. The first kappa shape index (κ1) is 24.0. The maximum atomic E-state index is 13.1. The van der Waals surface area contributed by atoms with Crippen molar-refractivity contribution >= 4 is 21.8 Å². The zero-order chi connectivity index (χ0) is 23.0. The van der Waals surface area contributed by atoms with E-state index in [2.05, 4.69) is 10.0 Å². The van der Waals surface area contributed by atoms with Crippen LogP contribution in [0.2, 0.25) is 0 Å². The van der Waals surface area contributed by atoms with Gasteiger partial charge in [0.2, 0.25) is 21.8 Å². The van der Waals surface area contributed by atoms with Crippen molar-refractivity contribution in [2.45, 2.75) is 69.0 Å². The topological polar surface area (TPSA) is 109 Å². The van der Waals surface area contributed by atoms with Crippen LogP contribution >= 0.6 is 0 Å². The van der Waals surface area contributed by atoms with Crippen molar-refractivity contribution in [1.29, 1.82) is 0 Å². The number of carbonyl (C=O) groups is 2. The molecule has 0 saturated heterocycles. The van der Waals surface area contributed by atoms with Crippen LogP contribution in [0.4, 0.5) is 0 Å². The number of sulfonamides is 1. The SMILES string of the molecule is CCC(C(=O)NC1CCCCC1)N(Cc1ccco1)C(=O)CNS(=O)(=O)c1ccccc1. The largest absolute Gasteiger partial charge is 0.467 e. The van der Waals surface area contributed by atoms with E-state index in [0.717, 1.165) is 25.7 Å². The highest BCUT2D eigenvalue weighted by atomic mass is 32.2. The normalized spacial score (nSPS) is 15.8. The summed E-state index contributed by atoms with van der Waals surface area (Å²) < 4.78 is 32.8. The predicted molar refractivity (Wildman–Crippen MR) is 120 cm³/mol. The van der Waals surface area contributed by atoms with E-state index >= 15 is 0 Å². The first-order chi connectivity index (χ1) is 15.4. The summed E-state index contributed by atoms with van der Waals surface area (Å²) in [6, 6.07) is 10.7. The summed E-state index contributed by atoms with van der Waals surface area (Å²) in [6.07, 6.45) is 7.11. The van der Waals surface area contributed by atoms with Crippen LogP contribution in [0.15, 0.2) is 58.0 Å². The van der Waals surface area contributed by atoms with Gasteiger partial charge in [0, 0.05) is 6.04 Å². The highest BCUT2D eigenvalue weighted by Crippen LogP contribution is 2.19. The lowest BCUT2D eigenvalue weighted by Gasteiger charge is -2.32. The minimum Gasteiger partial charge on any atom is -0.467 e. The van der Waals surface area contributed by atoms with Gasteiger partial charge in [0.15, 0.2) is 0 Å². The maximum Gasteiger partial charge on any atom is 0.243 e. The summed E-state index contributed by atoms with van der Waals surface area (Å²) in [5, 5.41) is 3.08. The van der Waals surface area contributed by atoms with Crippen LogP contribution in [0, 0.1) is 0 Å². The molecule has 8 nitrogen and oxygen atoms in total. The van der Waals surface area contributed by atoms with Gasteiger partial charge in [0.25, 0.3) is 0 Å². The number of hydrogen-bond acceptors (Lipinski definition) is 5. The number of nitrogens with one attached hydrogen (secondary N) is 2. The Morgan fingerprint density at radius 2 is 1.81 bits per heavy atom. The van der Waals surface area contributed by atoms with Crippen LogP contribution in [-0.2, 0) is 26.2 Å². The van der Waals surface area contributed by atoms with E-state index in [9.17, 15) is 18.0 Å². The number of carbonyl (C=O) groups excluding carboxylic acids is 2. The van der Waals surface area contributed by atoms with Crippen LogP contribution in [0.1, 0.15) is 51.2 Å². The molecular weight excluding hydrogens is 430 g/mol. The molecule has 2 amide bonds. The third kappa shape index (κ3) is 6.43. The van der Waals surface area contributed by atoms with Crippen molar-refractivity contribution in [3.8, 4) is 0 Å². The molecule has 0 radical (unpaired) electrons. The fourth-order valence-electron chi connectivity index (χ4n) is 3.98. The molecule has 1 aromatic carbocycles. The Balaban J connectivity index is 1.73. The fourth-order valence-corrected chi connectivity index (χ4v) is 4.97. The van der Waals surface area contributed by atoms with E-state index in [-0.39, 0.29) is 23.4 Å². The van der Waals surface area contributed by atoms with Crippen LogP contribution in [0.5, 0.6) is 0 Å². The van der Waals surface area contributed by atoms with Gasteiger partial charge in [-0.15, -0.1) is 0 Å². The number of benzene rings is 1. The molecule has 2 aromatic rings. The second-order valence-corrected chi connectivity index (χ2v) is 9.77. The summed E-state index contributed by atoms with van der Waals surface area (Å²) in [4.78, 5) is 27.7. The van der Waals surface area contributed by atoms with E-state index in [0.29, 0.717) is 12.2 Å². The van der Waals surface area contributed by atoms with Gasteiger partial charge in [0.05, 0.1) is 24.2 Å². The Kier molecular flexibility index (Phi) is 8.46. The Morgan fingerprint density at radius 3 is 2.44 bits per heavy atom. The van der Waals surface area contributed by atoms with Gasteiger partial charge in [-0.25, -0.2) is 13.1 Å². The van der Waals surface area contributed by atoms with E-state index < -0.39 is 28.5 Å². The molecule has 0 bridgehead atoms. The van der Waals surface area contributed by atoms with Gasteiger partial charge in [0.1, 0.15) is 11.8 Å². The molecule has 2 N–H and O–H groups in total. The number of hydrogen-bond donors (Lipinski definition) is 2. The molecule has 1 atom stereocenters. The molecule has 1 aliphatic rings. The van der Waals surface area contributed by atoms with E-state index in [1.54, 1.807) is 30.3 Å². The summed E-state index contributed by atoms with van der Waals surface area (Å²) in [5.74, 6) is -0.190. The third-order valence-corrected chi connectivity index (χ3v) is 7.13. The van der Waals surface area contributed by atoms with Gasteiger partial charge in [-0.05, 0) is 43.5 Å². The third-order valence-electron chi connectivity index (χ3n) is 5.71. The van der Waals surface area contributed by atoms with Crippen LogP contribution in [0.25, 0.3) is 0 Å². The van der Waals surface area contributed by atoms with Crippen molar-refractivity contribution in [3.05, 3.63) is 54.5 Å². The van der Waals surface area contributed by atoms with Crippen molar-refractivity contribution in [2.75, 3.05) is 6.54 Å². The monoisotopic (exact) mass is 461 g/mol. The number of furan rings is 1. The van der Waals surface area contributed by atoms with Crippen molar-refractivity contribution < 1.29 is 22.4 Å². The molecule has 1 fully saturated rings. The zero-order valence-corrected chi connectivity index (χ0v) is 19.1. The van der Waals surface area contributed by atoms with Crippen LogP contribution < -0.4 is 10.0 Å². The lowest BCUT2D eigenvalue weighted by Crippen LogP contribution is -2.53. The molecule has 1 aromatic heterocycles. The molecule has 174 valence electrons. The van der Waals surface area contributed by atoms with Gasteiger partial charge >= 0.3 is 0 Å². The lowest BCUT2D eigenvalue weighted by molar-refractivity contribution is -0.141. The predicted octanol–water partition coefficient (Wildman–Crippen LogP) is 2.81. The van der Waals surface area contributed by atoms with Crippen molar-refractivity contribution in [3.63, 3.8) is 0 Å². The van der Waals surface area contributed by atoms with Gasteiger partial charge in [-0.2, -0.15) is 0 Å². The quantitative estimate of drug-likeness (QED) is 0.566. The Morgan fingerprint density at radius 1 is 1.09 bits per heavy atom. The summed E-state index contributed by atoms with van der Waals surface area (Å²) in [5.41, 5.74) is 0. The zero-order valence-electron chi connectivity index (χ0n) is 18.3. The lowest BCUT2D eigenvalue weighted by atomic mass is 9.95. The first-order valence-electron chi connectivity index (χ1n) is 11.1. The fraction of sp³-hybridized carbons (Fsp3) is 0.478. The Bertz CT molecular complexity index is 970. The number of amides is 2. The highest BCUT2D eigenvalue weighted by Gasteiger charge is 2.31. The molecule has 1 unspecified atom stereocenters. The molecule has 1 heterocycles. The Hall–Kier alpha value is -2.65. The van der Waals surface area contributed by atoms with Gasteiger partial charge in [-0.3, -0.25) is 9.59 Å². The van der Waals surface area contributed by atoms with E-state index in [1.807, 2.05) is 6.92 Å². The highest BCUT2D eigenvalue weighted by molar-refractivity contribution is 7.89. The standard InChI is InChI=1S/C23H31N3O5S/c1-2-21(23(28)25-18-10-5-3-6-11-18)26(17-19-12-9-15-31-19)22(27)16-24-32(29,30)20-13-7-4-8-14-20/h4,7-9,12-15,18,21,24H,2-3,5-6,10-11,16-17H2,1H3,(H,25,28). The molecule has 9 heteroatoms. The summed E-state index contributed by atoms with van der Waals surface area (Å²) >= 11 is 0. The molecule has 0 spiro atoms. The Labute approximate surface area is 189 Å². The van der Waals surface area contributed by atoms with Crippen molar-refractivity contribution in [2.24, 2.45) is 0 Å². The molecule has 3 rings (SSSR count). The van der Waals surface area contributed by atoms with Crippen molar-refractivity contribution in [1.82, 2.24) is 14.9 Å². The van der Waals surface area contributed by atoms with Gasteiger partial charge < -0.3 is 14.6 Å². The summed E-state index contributed by atoms with van der Waals surface area (Å²) in [6.45, 7) is 1.46. The van der Waals surface area contributed by atoms with E-state index in [1.165, 1.54) is 29.7 Å². The minimum absolute atomic E-state index is 0.0764. The number of nitrogens with zero attached hydrogens (tertiary/aromatic N) is 1. The number of rotatable bonds is 10. The maximum absolute atomic E-state index is 13.1. The average Bonchev–Trinajstić information content (AvgIpc) is 3.32. The molecule has 1 aliphatic carbocycles. The first-order valence-corrected chi connectivity index (χ1v) is 12.6. The van der Waals surface area contributed by atoms with Crippen LogP contribution in [-0.4, -0.2) is 43.8 Å². The minimum atomic E-state index is -3.85. The van der Waals surface area contributed by atoms with Crippen LogP contribution in [0.3, 0.4) is 0 Å². The summed E-state index contributed by atoms with van der Waals surface area (Å²) in [7, 11) is -3.85. The molecule has 0 aliphatic heterocycles. The average molecular weight is 462 g/mol. The van der Waals surface area contributed by atoms with E-state index in [4.69, 9.17) is 4.42 Å². The molecule has 32 heavy (non-hydrogen) atoms. The smallest absolute Gasteiger partial charge is 0.243 e.